The minimum atomic E-state index is -4.51. The highest BCUT2D eigenvalue weighted by atomic mass is 32.3. The topological polar surface area (TPSA) is 54.5 Å². The molecule has 0 aliphatic carbocycles. The van der Waals surface area contributed by atoms with E-state index in [1.807, 2.05) is 31.2 Å². The number of likely N-dealkylation sites (tertiary alicyclic amines) is 1. The van der Waals surface area contributed by atoms with Crippen molar-refractivity contribution in [3.8, 4) is 0 Å². The van der Waals surface area contributed by atoms with Crippen molar-refractivity contribution >= 4 is 16.1 Å². The van der Waals surface area contributed by atoms with Crippen LogP contribution in [0.15, 0.2) is 24.3 Å². The summed E-state index contributed by atoms with van der Waals surface area (Å²) in [5.74, 6) is -1.12. The Morgan fingerprint density at radius 2 is 2.05 bits per heavy atom. The summed E-state index contributed by atoms with van der Waals surface area (Å²) in [5, 5.41) is 0. The van der Waals surface area contributed by atoms with Gasteiger partial charge in [0.15, 0.2) is 0 Å². The zero-order valence-electron chi connectivity index (χ0n) is 10.7. The molecule has 1 aliphatic heterocycles. The van der Waals surface area contributed by atoms with Crippen molar-refractivity contribution in [2.75, 3.05) is 12.3 Å². The first-order valence-electron chi connectivity index (χ1n) is 6.10. The van der Waals surface area contributed by atoms with Crippen molar-refractivity contribution in [3.63, 3.8) is 0 Å². The van der Waals surface area contributed by atoms with Crippen LogP contribution in [0.2, 0.25) is 0 Å². The van der Waals surface area contributed by atoms with Crippen LogP contribution in [0.4, 0.5) is 3.89 Å². The number of rotatable bonds is 4. The van der Waals surface area contributed by atoms with Crippen LogP contribution < -0.4 is 0 Å². The number of carbonyl (C=O) groups is 1. The highest BCUT2D eigenvalue weighted by Crippen LogP contribution is 2.22. The van der Waals surface area contributed by atoms with Gasteiger partial charge in [0.2, 0.25) is 5.91 Å². The maximum absolute atomic E-state index is 12.6. The second-order valence-corrected chi connectivity index (χ2v) is 6.39. The summed E-state index contributed by atoms with van der Waals surface area (Å²) >= 11 is 0. The number of carbonyl (C=O) groups excluding carboxylic acids is 1. The van der Waals surface area contributed by atoms with Gasteiger partial charge in [0.1, 0.15) is 0 Å². The first kappa shape index (κ1) is 14.0. The lowest BCUT2D eigenvalue weighted by molar-refractivity contribution is -0.128. The monoisotopic (exact) mass is 285 g/mol. The predicted molar refractivity (Wildman–Crippen MR) is 69.6 cm³/mol. The third-order valence-corrected chi connectivity index (χ3v) is 4.22. The van der Waals surface area contributed by atoms with E-state index in [0.29, 0.717) is 13.1 Å². The predicted octanol–water partition coefficient (Wildman–Crippen LogP) is 1.64. The fraction of sp³-hybridized carbons (Fsp3) is 0.462. The van der Waals surface area contributed by atoms with Gasteiger partial charge in [-0.25, -0.2) is 0 Å². The van der Waals surface area contributed by atoms with Crippen LogP contribution in [0.5, 0.6) is 0 Å². The van der Waals surface area contributed by atoms with Gasteiger partial charge in [-0.05, 0) is 18.1 Å². The van der Waals surface area contributed by atoms with Gasteiger partial charge in [0.25, 0.3) is 0 Å². The fourth-order valence-electron chi connectivity index (χ4n) is 2.39. The standard InChI is InChI=1S/C13H16FNO3S/c1-10-4-2-3-5-12(10)8-15-7-11(6-13(15)16)9-19(14,17)18/h2-5,11H,6-9H2,1H3. The molecule has 1 saturated heterocycles. The Labute approximate surface area is 112 Å². The molecule has 6 heteroatoms. The van der Waals surface area contributed by atoms with Crippen molar-refractivity contribution in [1.82, 2.24) is 4.90 Å². The lowest BCUT2D eigenvalue weighted by Crippen LogP contribution is -2.25. The largest absolute Gasteiger partial charge is 0.338 e. The molecular formula is C13H16FNO3S. The fourth-order valence-corrected chi connectivity index (χ4v) is 3.18. The maximum Gasteiger partial charge on any atom is 0.302 e. The van der Waals surface area contributed by atoms with Crippen LogP contribution in [-0.4, -0.2) is 31.5 Å². The van der Waals surface area contributed by atoms with Crippen molar-refractivity contribution in [1.29, 1.82) is 0 Å². The average molecular weight is 285 g/mol. The molecule has 1 unspecified atom stereocenters. The van der Waals surface area contributed by atoms with Gasteiger partial charge in [-0.2, -0.15) is 8.42 Å². The zero-order chi connectivity index (χ0) is 14.0. The van der Waals surface area contributed by atoms with Crippen molar-refractivity contribution in [2.24, 2.45) is 5.92 Å². The van der Waals surface area contributed by atoms with E-state index in [0.717, 1.165) is 11.1 Å². The van der Waals surface area contributed by atoms with Gasteiger partial charge in [-0.15, -0.1) is 3.89 Å². The molecule has 19 heavy (non-hydrogen) atoms. The molecule has 0 spiro atoms. The molecule has 1 aliphatic rings. The molecule has 1 aromatic carbocycles. The van der Waals surface area contributed by atoms with E-state index in [1.54, 1.807) is 4.90 Å². The molecule has 0 bridgehead atoms. The Bertz CT molecular complexity index is 585. The highest BCUT2D eigenvalue weighted by molar-refractivity contribution is 7.86. The second kappa shape index (κ2) is 5.28. The lowest BCUT2D eigenvalue weighted by atomic mass is 10.1. The highest BCUT2D eigenvalue weighted by Gasteiger charge is 2.32. The Morgan fingerprint density at radius 1 is 1.37 bits per heavy atom. The van der Waals surface area contributed by atoms with Crippen molar-refractivity contribution in [3.05, 3.63) is 35.4 Å². The number of halogens is 1. The molecule has 1 fully saturated rings. The molecule has 1 aromatic rings. The second-order valence-electron chi connectivity index (χ2n) is 4.98. The Morgan fingerprint density at radius 3 is 2.68 bits per heavy atom. The SMILES string of the molecule is Cc1ccccc1CN1CC(CS(=O)(=O)F)CC1=O. The van der Waals surface area contributed by atoms with E-state index < -0.39 is 21.9 Å². The van der Waals surface area contributed by atoms with E-state index in [9.17, 15) is 17.1 Å². The molecule has 0 N–H and O–H groups in total. The summed E-state index contributed by atoms with van der Waals surface area (Å²) in [7, 11) is -4.51. The Balaban J connectivity index is 2.03. The molecule has 0 aromatic heterocycles. The molecule has 104 valence electrons. The van der Waals surface area contributed by atoms with Crippen LogP contribution in [-0.2, 0) is 21.6 Å². The van der Waals surface area contributed by atoms with Gasteiger partial charge in [-0.1, -0.05) is 24.3 Å². The summed E-state index contributed by atoms with van der Waals surface area (Å²) in [4.78, 5) is 13.4. The van der Waals surface area contributed by atoms with Crippen LogP contribution in [0.25, 0.3) is 0 Å². The quantitative estimate of drug-likeness (QED) is 0.790. The third kappa shape index (κ3) is 3.76. The van der Waals surface area contributed by atoms with Crippen LogP contribution in [0, 0.1) is 12.8 Å². The van der Waals surface area contributed by atoms with Crippen LogP contribution in [0.3, 0.4) is 0 Å². The van der Waals surface area contributed by atoms with E-state index >= 15 is 0 Å². The molecule has 1 amide bonds. The number of amides is 1. The lowest BCUT2D eigenvalue weighted by Gasteiger charge is -2.17. The summed E-state index contributed by atoms with van der Waals surface area (Å²) in [6.07, 6.45) is 0.106. The molecule has 1 atom stereocenters. The molecule has 1 heterocycles. The van der Waals surface area contributed by atoms with E-state index in [4.69, 9.17) is 0 Å². The normalized spacial score (nSPS) is 20.0. The number of hydrogen-bond donors (Lipinski definition) is 0. The maximum atomic E-state index is 12.6. The van der Waals surface area contributed by atoms with Gasteiger partial charge >= 0.3 is 10.2 Å². The smallest absolute Gasteiger partial charge is 0.302 e. The van der Waals surface area contributed by atoms with Gasteiger partial charge in [-0.3, -0.25) is 4.79 Å². The minimum Gasteiger partial charge on any atom is -0.338 e. The van der Waals surface area contributed by atoms with Gasteiger partial charge in [0.05, 0.1) is 5.75 Å². The average Bonchev–Trinajstić information content (AvgIpc) is 2.60. The van der Waals surface area contributed by atoms with E-state index in [2.05, 4.69) is 0 Å². The zero-order valence-corrected chi connectivity index (χ0v) is 11.5. The summed E-state index contributed by atoms with van der Waals surface area (Å²) < 4.78 is 33.9. The summed E-state index contributed by atoms with van der Waals surface area (Å²) in [5.41, 5.74) is 2.11. The molecule has 0 saturated carbocycles. The van der Waals surface area contributed by atoms with Crippen LogP contribution >= 0.6 is 0 Å². The van der Waals surface area contributed by atoms with Gasteiger partial charge in [0, 0.05) is 25.4 Å². The molecular weight excluding hydrogens is 269 g/mol. The number of benzene rings is 1. The van der Waals surface area contributed by atoms with E-state index in [1.165, 1.54) is 0 Å². The third-order valence-electron chi connectivity index (χ3n) is 3.35. The number of aryl methyl sites for hydroxylation is 1. The van der Waals surface area contributed by atoms with Crippen molar-refractivity contribution in [2.45, 2.75) is 19.9 Å². The molecule has 0 radical (unpaired) electrons. The van der Waals surface area contributed by atoms with E-state index in [-0.39, 0.29) is 12.3 Å². The van der Waals surface area contributed by atoms with Crippen LogP contribution in [0.1, 0.15) is 17.5 Å². The Kier molecular flexibility index (Phi) is 3.89. The van der Waals surface area contributed by atoms with Crippen molar-refractivity contribution < 1.29 is 17.1 Å². The van der Waals surface area contributed by atoms with Gasteiger partial charge < -0.3 is 4.90 Å². The molecule has 4 nitrogen and oxygen atoms in total. The first-order valence-corrected chi connectivity index (χ1v) is 7.65. The summed E-state index contributed by atoms with van der Waals surface area (Å²) in [6, 6.07) is 7.71. The molecule has 2 rings (SSSR count). The Hall–Kier alpha value is -1.43. The number of nitrogens with zero attached hydrogens (tertiary/aromatic N) is 1. The summed E-state index contributed by atoms with van der Waals surface area (Å²) in [6.45, 7) is 2.71. The number of hydrogen-bond acceptors (Lipinski definition) is 3. The minimum absolute atomic E-state index is 0.106. The first-order chi connectivity index (χ1) is 8.85.